The molecule has 0 atom stereocenters. The van der Waals surface area contributed by atoms with E-state index >= 15 is 0 Å². The van der Waals surface area contributed by atoms with Crippen molar-refractivity contribution < 1.29 is 0 Å². The van der Waals surface area contributed by atoms with Crippen LogP contribution in [0.2, 0.25) is 5.02 Å². The molecule has 0 bridgehead atoms. The molecule has 0 nitrogen and oxygen atoms in total. The third kappa shape index (κ3) is 2.88. The summed E-state index contributed by atoms with van der Waals surface area (Å²) in [5.41, 5.74) is 2.29. The van der Waals surface area contributed by atoms with Crippen molar-refractivity contribution in [2.24, 2.45) is 0 Å². The molecular formula is C10H10Cl2. The van der Waals surface area contributed by atoms with E-state index in [0.717, 1.165) is 16.2 Å². The first-order valence-electron chi connectivity index (χ1n) is 3.71. The largest absolute Gasteiger partial charge is 0.122 e. The van der Waals surface area contributed by atoms with Crippen LogP contribution in [0, 0.1) is 0 Å². The van der Waals surface area contributed by atoms with Crippen LogP contribution in [-0.4, -0.2) is 5.88 Å². The molecule has 0 heterocycles. The topological polar surface area (TPSA) is 0 Å². The van der Waals surface area contributed by atoms with Crippen molar-refractivity contribution in [2.75, 3.05) is 5.88 Å². The van der Waals surface area contributed by atoms with Gasteiger partial charge in [-0.05, 0) is 24.6 Å². The highest BCUT2D eigenvalue weighted by molar-refractivity contribution is 6.30. The SMILES string of the molecule is C/C(=C/c1ccc(Cl)cc1)CCl. The molecule has 0 N–H and O–H groups in total. The molecule has 0 aliphatic carbocycles. The quantitative estimate of drug-likeness (QED) is 0.634. The third-order valence-electron chi connectivity index (χ3n) is 1.49. The van der Waals surface area contributed by atoms with Crippen LogP contribution in [0.25, 0.3) is 6.08 Å². The third-order valence-corrected chi connectivity index (χ3v) is 2.17. The van der Waals surface area contributed by atoms with E-state index < -0.39 is 0 Å². The molecule has 64 valence electrons. The second-order valence-electron chi connectivity index (χ2n) is 2.68. The Morgan fingerprint density at radius 2 is 1.92 bits per heavy atom. The Morgan fingerprint density at radius 3 is 2.42 bits per heavy atom. The van der Waals surface area contributed by atoms with Crippen LogP contribution in [0.5, 0.6) is 0 Å². The molecule has 0 saturated carbocycles. The fourth-order valence-corrected chi connectivity index (χ4v) is 1.09. The number of hydrogen-bond donors (Lipinski definition) is 0. The van der Waals surface area contributed by atoms with Gasteiger partial charge in [0.05, 0.1) is 0 Å². The Morgan fingerprint density at radius 1 is 1.33 bits per heavy atom. The van der Waals surface area contributed by atoms with Crippen LogP contribution in [0.15, 0.2) is 29.8 Å². The predicted molar refractivity (Wildman–Crippen MR) is 55.8 cm³/mol. The molecule has 0 aliphatic rings. The lowest BCUT2D eigenvalue weighted by Crippen LogP contribution is -1.77. The summed E-state index contributed by atoms with van der Waals surface area (Å²) in [5, 5.41) is 0.760. The van der Waals surface area contributed by atoms with Crippen LogP contribution in [0.1, 0.15) is 12.5 Å². The number of halogens is 2. The smallest absolute Gasteiger partial charge is 0.0434 e. The molecule has 2 heteroatoms. The highest BCUT2D eigenvalue weighted by Crippen LogP contribution is 2.12. The highest BCUT2D eigenvalue weighted by atomic mass is 35.5. The van der Waals surface area contributed by atoms with Gasteiger partial charge in [0.25, 0.3) is 0 Å². The average Bonchev–Trinajstić information content (AvgIpc) is 2.09. The second-order valence-corrected chi connectivity index (χ2v) is 3.38. The number of alkyl halides is 1. The molecule has 0 unspecified atom stereocenters. The number of rotatable bonds is 2. The molecule has 0 amide bonds. The van der Waals surface area contributed by atoms with Crippen molar-refractivity contribution in [3.05, 3.63) is 40.4 Å². The minimum absolute atomic E-state index is 0.572. The van der Waals surface area contributed by atoms with Crippen molar-refractivity contribution in [2.45, 2.75) is 6.92 Å². The maximum absolute atomic E-state index is 5.74. The van der Waals surface area contributed by atoms with Gasteiger partial charge >= 0.3 is 0 Å². The lowest BCUT2D eigenvalue weighted by atomic mass is 10.1. The van der Waals surface area contributed by atoms with E-state index in [4.69, 9.17) is 23.2 Å². The summed E-state index contributed by atoms with van der Waals surface area (Å²) in [6, 6.07) is 7.68. The number of hydrogen-bond acceptors (Lipinski definition) is 0. The predicted octanol–water partition coefficient (Wildman–Crippen LogP) is 3.98. The molecule has 0 saturated heterocycles. The summed E-state index contributed by atoms with van der Waals surface area (Å²) >= 11 is 11.4. The van der Waals surface area contributed by atoms with E-state index in [1.165, 1.54) is 0 Å². The van der Waals surface area contributed by atoms with Gasteiger partial charge in [-0.3, -0.25) is 0 Å². The minimum Gasteiger partial charge on any atom is -0.122 e. The van der Waals surface area contributed by atoms with E-state index in [2.05, 4.69) is 0 Å². The molecule has 1 aromatic carbocycles. The normalized spacial score (nSPS) is 11.8. The van der Waals surface area contributed by atoms with Gasteiger partial charge in [0, 0.05) is 10.9 Å². The van der Waals surface area contributed by atoms with E-state index in [0.29, 0.717) is 5.88 Å². The summed E-state index contributed by atoms with van der Waals surface area (Å²) < 4.78 is 0. The molecule has 1 aromatic rings. The van der Waals surface area contributed by atoms with Crippen LogP contribution in [0.4, 0.5) is 0 Å². The zero-order valence-electron chi connectivity index (χ0n) is 6.85. The second kappa shape index (κ2) is 4.54. The first kappa shape index (κ1) is 9.63. The van der Waals surface area contributed by atoms with Gasteiger partial charge in [0.15, 0.2) is 0 Å². The van der Waals surface area contributed by atoms with E-state index in [1.54, 1.807) is 0 Å². The number of allylic oxidation sites excluding steroid dienone is 1. The van der Waals surface area contributed by atoms with Crippen LogP contribution >= 0.6 is 23.2 Å². The molecule has 0 aromatic heterocycles. The first-order valence-corrected chi connectivity index (χ1v) is 4.62. The Labute approximate surface area is 82.8 Å². The van der Waals surface area contributed by atoms with Crippen molar-refractivity contribution in [3.8, 4) is 0 Å². The Hall–Kier alpha value is -0.460. The monoisotopic (exact) mass is 200 g/mol. The molecule has 0 radical (unpaired) electrons. The van der Waals surface area contributed by atoms with Gasteiger partial charge < -0.3 is 0 Å². The zero-order valence-corrected chi connectivity index (χ0v) is 8.36. The van der Waals surface area contributed by atoms with E-state index in [9.17, 15) is 0 Å². The van der Waals surface area contributed by atoms with Gasteiger partial charge in [0.2, 0.25) is 0 Å². The molecule has 0 fully saturated rings. The van der Waals surface area contributed by atoms with Crippen molar-refractivity contribution >= 4 is 29.3 Å². The van der Waals surface area contributed by atoms with Gasteiger partial charge in [-0.25, -0.2) is 0 Å². The fourth-order valence-electron chi connectivity index (χ4n) is 0.882. The van der Waals surface area contributed by atoms with Gasteiger partial charge in [-0.1, -0.05) is 35.4 Å². The summed E-state index contributed by atoms with van der Waals surface area (Å²) in [6.45, 7) is 2.00. The summed E-state index contributed by atoms with van der Waals surface area (Å²) in [7, 11) is 0. The van der Waals surface area contributed by atoms with E-state index in [-0.39, 0.29) is 0 Å². The zero-order chi connectivity index (χ0) is 8.97. The summed E-state index contributed by atoms with van der Waals surface area (Å²) in [5.74, 6) is 0.572. The maximum Gasteiger partial charge on any atom is 0.0434 e. The lowest BCUT2D eigenvalue weighted by molar-refractivity contribution is 1.43. The highest BCUT2D eigenvalue weighted by Gasteiger charge is 1.89. The fraction of sp³-hybridized carbons (Fsp3) is 0.200. The van der Waals surface area contributed by atoms with Crippen molar-refractivity contribution in [3.63, 3.8) is 0 Å². The first-order chi connectivity index (χ1) is 5.72. The van der Waals surface area contributed by atoms with E-state index in [1.807, 2.05) is 37.3 Å². The molecule has 0 spiro atoms. The Balaban J connectivity index is 2.84. The minimum atomic E-state index is 0.572. The van der Waals surface area contributed by atoms with Crippen molar-refractivity contribution in [1.29, 1.82) is 0 Å². The Kier molecular flexibility index (Phi) is 3.64. The molecular weight excluding hydrogens is 191 g/mol. The maximum atomic E-state index is 5.74. The number of benzene rings is 1. The van der Waals surface area contributed by atoms with Gasteiger partial charge in [0.1, 0.15) is 0 Å². The summed E-state index contributed by atoms with van der Waals surface area (Å²) in [6.07, 6.45) is 2.04. The van der Waals surface area contributed by atoms with Crippen LogP contribution in [0.3, 0.4) is 0 Å². The average molecular weight is 201 g/mol. The summed E-state index contributed by atoms with van der Waals surface area (Å²) in [4.78, 5) is 0. The van der Waals surface area contributed by atoms with Crippen LogP contribution in [-0.2, 0) is 0 Å². The van der Waals surface area contributed by atoms with Crippen molar-refractivity contribution in [1.82, 2.24) is 0 Å². The standard InChI is InChI=1S/C10H10Cl2/c1-8(7-11)6-9-2-4-10(12)5-3-9/h2-6H,7H2,1H3/b8-6-. The van der Waals surface area contributed by atoms with Crippen LogP contribution < -0.4 is 0 Å². The van der Waals surface area contributed by atoms with Gasteiger partial charge in [-0.2, -0.15) is 0 Å². The molecule has 0 aliphatic heterocycles. The molecule has 1 rings (SSSR count). The molecule has 12 heavy (non-hydrogen) atoms. The lowest BCUT2D eigenvalue weighted by Gasteiger charge is -1.95. The van der Waals surface area contributed by atoms with Gasteiger partial charge in [-0.15, -0.1) is 11.6 Å². The Bertz CT molecular complexity index is 272.